The van der Waals surface area contributed by atoms with Crippen LogP contribution in [0.3, 0.4) is 0 Å². The summed E-state index contributed by atoms with van der Waals surface area (Å²) in [5, 5.41) is 16.6. The molecule has 0 aliphatic carbocycles. The van der Waals surface area contributed by atoms with Gasteiger partial charge in [-0.05, 0) is 51.0 Å². The lowest BCUT2D eigenvalue weighted by molar-refractivity contribution is -0.124. The average Bonchev–Trinajstić information content (AvgIpc) is 2.64. The van der Waals surface area contributed by atoms with Crippen LogP contribution in [0.25, 0.3) is 0 Å². The molecule has 0 bridgehead atoms. The van der Waals surface area contributed by atoms with Crippen LogP contribution in [-0.4, -0.2) is 29.2 Å². The van der Waals surface area contributed by atoms with Gasteiger partial charge in [0.05, 0.1) is 6.10 Å². The second-order valence-electron chi connectivity index (χ2n) is 7.76. The van der Waals surface area contributed by atoms with Crippen molar-refractivity contribution in [2.45, 2.75) is 51.9 Å². The van der Waals surface area contributed by atoms with Crippen molar-refractivity contribution in [2.75, 3.05) is 6.61 Å². The topological polar surface area (TPSA) is 70.6 Å². The third-order valence-corrected chi connectivity index (χ3v) is 4.05. The van der Waals surface area contributed by atoms with Crippen LogP contribution in [0.4, 0.5) is 0 Å². The van der Waals surface area contributed by atoms with E-state index in [-0.39, 0.29) is 24.1 Å². The number of rotatable bonds is 8. The number of aliphatic hydroxyl groups is 1. The van der Waals surface area contributed by atoms with E-state index in [9.17, 15) is 9.90 Å². The van der Waals surface area contributed by atoms with Gasteiger partial charge < -0.3 is 20.5 Å². The quantitative estimate of drug-likeness (QED) is 0.667. The van der Waals surface area contributed by atoms with E-state index >= 15 is 0 Å². The van der Waals surface area contributed by atoms with E-state index in [0.29, 0.717) is 12.3 Å². The fourth-order valence-corrected chi connectivity index (χ4v) is 2.64. The van der Waals surface area contributed by atoms with Gasteiger partial charge in [0, 0.05) is 18.1 Å². The molecule has 0 aliphatic rings. The van der Waals surface area contributed by atoms with Crippen LogP contribution in [0.1, 0.15) is 44.9 Å². The molecule has 0 saturated carbocycles. The van der Waals surface area contributed by atoms with Gasteiger partial charge in [-0.3, -0.25) is 4.79 Å². The minimum Gasteiger partial charge on any atom is -0.484 e. The van der Waals surface area contributed by atoms with Gasteiger partial charge in [0.2, 0.25) is 0 Å². The van der Waals surface area contributed by atoms with Gasteiger partial charge >= 0.3 is 0 Å². The third kappa shape index (κ3) is 7.41. The molecule has 0 aromatic heterocycles. The first-order chi connectivity index (χ1) is 12.7. The van der Waals surface area contributed by atoms with Crippen molar-refractivity contribution in [1.82, 2.24) is 10.6 Å². The molecule has 1 amide bonds. The standard InChI is InChI=1S/C22H30N2O3/c1-16(21(26)18-8-6-5-7-9-18)23-14-17-10-12-19(13-11-17)27-15-20(25)24-22(2,3)4/h5-13,16,21,23,26H,14-15H2,1-4H3,(H,24,25)/t16-,21+/m1/s1. The molecular weight excluding hydrogens is 340 g/mol. The fraction of sp³-hybridized carbons (Fsp3) is 0.409. The molecule has 0 radical (unpaired) electrons. The molecule has 3 N–H and O–H groups in total. The van der Waals surface area contributed by atoms with Crippen molar-refractivity contribution < 1.29 is 14.6 Å². The molecule has 146 valence electrons. The van der Waals surface area contributed by atoms with Crippen molar-refractivity contribution >= 4 is 5.91 Å². The number of hydrogen-bond donors (Lipinski definition) is 3. The number of carbonyl (C=O) groups excluding carboxylic acids is 1. The first kappa shape index (κ1) is 20.9. The number of nitrogens with one attached hydrogen (secondary N) is 2. The summed E-state index contributed by atoms with van der Waals surface area (Å²) < 4.78 is 5.52. The molecule has 2 atom stereocenters. The maximum atomic E-state index is 11.8. The molecule has 0 aliphatic heterocycles. The van der Waals surface area contributed by atoms with Crippen LogP contribution in [0.15, 0.2) is 54.6 Å². The Morgan fingerprint density at radius 1 is 1.07 bits per heavy atom. The van der Waals surface area contributed by atoms with Crippen LogP contribution in [0.2, 0.25) is 0 Å². The second-order valence-corrected chi connectivity index (χ2v) is 7.76. The van der Waals surface area contributed by atoms with Gasteiger partial charge in [0.15, 0.2) is 6.61 Å². The van der Waals surface area contributed by atoms with Crippen LogP contribution in [-0.2, 0) is 11.3 Å². The summed E-state index contributed by atoms with van der Waals surface area (Å²) in [6.45, 7) is 8.39. The predicted octanol–water partition coefficient (Wildman–Crippen LogP) is 3.19. The normalized spacial score (nSPS) is 13.7. The van der Waals surface area contributed by atoms with Gasteiger partial charge in [-0.1, -0.05) is 42.5 Å². The Bertz CT molecular complexity index is 709. The van der Waals surface area contributed by atoms with Gasteiger partial charge in [-0.25, -0.2) is 0 Å². The minimum atomic E-state index is -0.560. The van der Waals surface area contributed by atoms with Gasteiger partial charge in [0.25, 0.3) is 5.91 Å². The summed E-state index contributed by atoms with van der Waals surface area (Å²) in [5.41, 5.74) is 1.71. The molecule has 5 nitrogen and oxygen atoms in total. The van der Waals surface area contributed by atoms with Crippen LogP contribution in [0.5, 0.6) is 5.75 Å². The van der Waals surface area contributed by atoms with E-state index < -0.39 is 6.10 Å². The number of aliphatic hydroxyl groups excluding tert-OH is 1. The highest BCUT2D eigenvalue weighted by molar-refractivity contribution is 5.78. The summed E-state index contributed by atoms with van der Waals surface area (Å²) in [6.07, 6.45) is -0.560. The molecular formula is C22H30N2O3. The summed E-state index contributed by atoms with van der Waals surface area (Å²) in [5.74, 6) is 0.511. The fourth-order valence-electron chi connectivity index (χ4n) is 2.64. The van der Waals surface area contributed by atoms with Crippen LogP contribution in [0, 0.1) is 0 Å². The Balaban J connectivity index is 1.79. The van der Waals surface area contributed by atoms with Crippen LogP contribution < -0.4 is 15.4 Å². The van der Waals surface area contributed by atoms with Gasteiger partial charge in [-0.2, -0.15) is 0 Å². The Hall–Kier alpha value is -2.37. The molecule has 0 spiro atoms. The highest BCUT2D eigenvalue weighted by Gasteiger charge is 2.16. The van der Waals surface area contributed by atoms with E-state index in [1.54, 1.807) is 0 Å². The van der Waals surface area contributed by atoms with Crippen molar-refractivity contribution in [3.05, 3.63) is 65.7 Å². The summed E-state index contributed by atoms with van der Waals surface area (Å²) in [4.78, 5) is 11.8. The summed E-state index contributed by atoms with van der Waals surface area (Å²) >= 11 is 0. The van der Waals surface area contributed by atoms with E-state index in [0.717, 1.165) is 11.1 Å². The van der Waals surface area contributed by atoms with Crippen molar-refractivity contribution in [3.8, 4) is 5.75 Å². The molecule has 5 heteroatoms. The lowest BCUT2D eigenvalue weighted by Crippen LogP contribution is -2.43. The lowest BCUT2D eigenvalue weighted by atomic mass is 10.0. The highest BCUT2D eigenvalue weighted by Crippen LogP contribution is 2.17. The van der Waals surface area contributed by atoms with E-state index in [4.69, 9.17) is 4.74 Å². The number of hydrogen-bond acceptors (Lipinski definition) is 4. The predicted molar refractivity (Wildman–Crippen MR) is 108 cm³/mol. The third-order valence-electron chi connectivity index (χ3n) is 4.05. The molecule has 27 heavy (non-hydrogen) atoms. The zero-order valence-electron chi connectivity index (χ0n) is 16.5. The van der Waals surface area contributed by atoms with Crippen LogP contribution >= 0.6 is 0 Å². The largest absolute Gasteiger partial charge is 0.484 e. The van der Waals surface area contributed by atoms with Gasteiger partial charge in [-0.15, -0.1) is 0 Å². The number of ether oxygens (including phenoxy) is 1. The monoisotopic (exact) mass is 370 g/mol. The maximum absolute atomic E-state index is 11.8. The number of carbonyl (C=O) groups is 1. The highest BCUT2D eigenvalue weighted by atomic mass is 16.5. The molecule has 0 unspecified atom stereocenters. The van der Waals surface area contributed by atoms with E-state index in [2.05, 4.69) is 10.6 Å². The zero-order chi connectivity index (χ0) is 19.9. The Morgan fingerprint density at radius 3 is 2.30 bits per heavy atom. The summed E-state index contributed by atoms with van der Waals surface area (Å²) in [7, 11) is 0. The van der Waals surface area contributed by atoms with Gasteiger partial charge in [0.1, 0.15) is 5.75 Å². The van der Waals surface area contributed by atoms with Crippen molar-refractivity contribution in [2.24, 2.45) is 0 Å². The molecule has 0 heterocycles. The molecule has 2 aromatic rings. The Morgan fingerprint density at radius 2 is 1.70 bits per heavy atom. The minimum absolute atomic E-state index is 0.00479. The van der Waals surface area contributed by atoms with Crippen molar-refractivity contribution in [1.29, 1.82) is 0 Å². The average molecular weight is 370 g/mol. The number of benzene rings is 2. The zero-order valence-corrected chi connectivity index (χ0v) is 16.5. The smallest absolute Gasteiger partial charge is 0.258 e. The molecule has 2 rings (SSSR count). The van der Waals surface area contributed by atoms with Crippen molar-refractivity contribution in [3.63, 3.8) is 0 Å². The molecule has 0 saturated heterocycles. The number of amides is 1. The Labute approximate surface area is 161 Å². The van der Waals surface area contributed by atoms with E-state index in [1.807, 2.05) is 82.3 Å². The molecule has 2 aromatic carbocycles. The Kier molecular flexibility index (Phi) is 7.39. The maximum Gasteiger partial charge on any atom is 0.258 e. The first-order valence-electron chi connectivity index (χ1n) is 9.24. The summed E-state index contributed by atoms with van der Waals surface area (Å²) in [6, 6.07) is 17.1. The lowest BCUT2D eigenvalue weighted by Gasteiger charge is -2.21. The first-order valence-corrected chi connectivity index (χ1v) is 9.24. The molecule has 0 fully saturated rings. The second kappa shape index (κ2) is 9.53. The van der Waals surface area contributed by atoms with E-state index in [1.165, 1.54) is 0 Å². The SMILES string of the molecule is C[C@@H](NCc1ccc(OCC(=O)NC(C)(C)C)cc1)[C@H](O)c1ccccc1.